The molecule has 0 N–H and O–H groups in total. The van der Waals surface area contributed by atoms with Crippen molar-refractivity contribution in [2.75, 3.05) is 0 Å². The van der Waals surface area contributed by atoms with Crippen molar-refractivity contribution in [1.82, 2.24) is 0 Å². The van der Waals surface area contributed by atoms with E-state index in [-0.39, 0.29) is 12.1 Å². The minimum atomic E-state index is -0.531. The zero-order chi connectivity index (χ0) is 23.9. The molecule has 1 aliphatic heterocycles. The highest BCUT2D eigenvalue weighted by Gasteiger charge is 2.48. The SMILES string of the molecule is O=C(Oc1ccc2ccccc2c1)[C@@H]1O[C@@H]1c1ccccc1CCCCCCCCc1ccco1. The topological polar surface area (TPSA) is 52.0 Å². The summed E-state index contributed by atoms with van der Waals surface area (Å²) in [5.74, 6) is 1.32. The molecule has 0 unspecified atom stereocenters. The van der Waals surface area contributed by atoms with Crippen molar-refractivity contribution in [3.8, 4) is 5.75 Å². The largest absolute Gasteiger partial charge is 0.469 e. The summed E-state index contributed by atoms with van der Waals surface area (Å²) >= 11 is 0. The summed E-state index contributed by atoms with van der Waals surface area (Å²) < 4.78 is 16.8. The van der Waals surface area contributed by atoms with Gasteiger partial charge in [0.05, 0.1) is 6.26 Å². The number of epoxide rings is 1. The van der Waals surface area contributed by atoms with Crippen LogP contribution in [-0.4, -0.2) is 12.1 Å². The van der Waals surface area contributed by atoms with Gasteiger partial charge in [-0.1, -0.05) is 80.3 Å². The van der Waals surface area contributed by atoms with Crippen LogP contribution in [0.25, 0.3) is 10.8 Å². The van der Waals surface area contributed by atoms with Crippen LogP contribution in [0.4, 0.5) is 0 Å². The first-order valence-electron chi connectivity index (χ1n) is 12.7. The van der Waals surface area contributed by atoms with Crippen molar-refractivity contribution in [2.24, 2.45) is 0 Å². The lowest BCUT2D eigenvalue weighted by Crippen LogP contribution is -2.15. The van der Waals surface area contributed by atoms with Crippen LogP contribution in [-0.2, 0) is 22.4 Å². The van der Waals surface area contributed by atoms with Crippen molar-refractivity contribution < 1.29 is 18.7 Å². The van der Waals surface area contributed by atoms with E-state index in [0.717, 1.165) is 41.4 Å². The fraction of sp³-hybridized carbons (Fsp3) is 0.323. The highest BCUT2D eigenvalue weighted by molar-refractivity contribution is 5.86. The van der Waals surface area contributed by atoms with Gasteiger partial charge in [-0.05, 0) is 65.4 Å². The number of ether oxygens (including phenoxy) is 2. The molecule has 0 saturated carbocycles. The number of fused-ring (bicyclic) bond motifs is 1. The quantitative estimate of drug-likeness (QED) is 0.0929. The Labute approximate surface area is 206 Å². The van der Waals surface area contributed by atoms with E-state index in [1.54, 1.807) is 6.26 Å². The standard InChI is InChI=1S/C31H32O4/c32-31(34-27-20-19-23-12-7-8-15-25(23)22-27)30-29(35-30)28-18-10-9-14-24(28)13-5-3-1-2-4-6-16-26-17-11-21-33-26/h7-12,14-15,17-22,29-30H,1-6,13,16H2/t29-,30-/m1/s1. The number of rotatable bonds is 12. The Kier molecular flexibility index (Phi) is 7.59. The number of hydrogen-bond donors (Lipinski definition) is 0. The Bertz CT molecular complexity index is 1240. The first kappa shape index (κ1) is 23.4. The molecule has 0 bridgehead atoms. The highest BCUT2D eigenvalue weighted by Crippen LogP contribution is 2.41. The second kappa shape index (κ2) is 11.4. The first-order chi connectivity index (χ1) is 17.3. The lowest BCUT2D eigenvalue weighted by Gasteiger charge is -2.08. The van der Waals surface area contributed by atoms with Crippen molar-refractivity contribution in [3.63, 3.8) is 0 Å². The van der Waals surface area contributed by atoms with E-state index in [0.29, 0.717) is 5.75 Å². The molecule has 2 heterocycles. The summed E-state index contributed by atoms with van der Waals surface area (Å²) in [6, 6.07) is 26.1. The molecule has 3 aromatic carbocycles. The predicted molar refractivity (Wildman–Crippen MR) is 137 cm³/mol. The molecular weight excluding hydrogens is 436 g/mol. The van der Waals surface area contributed by atoms with Gasteiger partial charge in [-0.15, -0.1) is 0 Å². The van der Waals surface area contributed by atoms with Gasteiger partial charge in [-0.25, -0.2) is 4.79 Å². The zero-order valence-corrected chi connectivity index (χ0v) is 20.0. The number of esters is 1. The van der Waals surface area contributed by atoms with Crippen molar-refractivity contribution in [1.29, 1.82) is 0 Å². The summed E-state index contributed by atoms with van der Waals surface area (Å²) in [5.41, 5.74) is 2.39. The molecule has 1 saturated heterocycles. The van der Waals surface area contributed by atoms with Crippen LogP contribution in [0.5, 0.6) is 5.75 Å². The second-order valence-corrected chi connectivity index (χ2v) is 9.31. The Morgan fingerprint density at radius 3 is 2.31 bits per heavy atom. The minimum absolute atomic E-state index is 0.208. The predicted octanol–water partition coefficient (Wildman–Crippen LogP) is 7.60. The molecule has 4 aromatic rings. The van der Waals surface area contributed by atoms with E-state index >= 15 is 0 Å². The summed E-state index contributed by atoms with van der Waals surface area (Å²) in [4.78, 5) is 12.7. The molecule has 0 aliphatic carbocycles. The van der Waals surface area contributed by atoms with Crippen LogP contribution in [0.1, 0.15) is 61.5 Å². The van der Waals surface area contributed by atoms with Crippen molar-refractivity contribution in [2.45, 2.75) is 63.6 Å². The minimum Gasteiger partial charge on any atom is -0.469 e. The molecule has 35 heavy (non-hydrogen) atoms. The van der Waals surface area contributed by atoms with Gasteiger partial charge in [0, 0.05) is 6.42 Å². The van der Waals surface area contributed by atoms with E-state index in [9.17, 15) is 4.79 Å². The molecule has 4 nitrogen and oxygen atoms in total. The van der Waals surface area contributed by atoms with Crippen LogP contribution in [0.15, 0.2) is 89.5 Å². The molecular formula is C31H32O4. The van der Waals surface area contributed by atoms with Gasteiger partial charge in [-0.3, -0.25) is 0 Å². The molecule has 1 aliphatic rings. The van der Waals surface area contributed by atoms with Crippen LogP contribution in [0.2, 0.25) is 0 Å². The van der Waals surface area contributed by atoms with Gasteiger partial charge in [0.25, 0.3) is 0 Å². The van der Waals surface area contributed by atoms with Gasteiger partial charge in [-0.2, -0.15) is 0 Å². The molecule has 2 atom stereocenters. The van der Waals surface area contributed by atoms with Gasteiger partial charge in [0.2, 0.25) is 0 Å². The normalized spacial score (nSPS) is 16.9. The average Bonchev–Trinajstić information content (AvgIpc) is 3.52. The Balaban J connectivity index is 1.06. The molecule has 0 spiro atoms. The van der Waals surface area contributed by atoms with E-state index in [2.05, 4.69) is 24.3 Å². The van der Waals surface area contributed by atoms with Gasteiger partial charge in [0.1, 0.15) is 17.6 Å². The zero-order valence-electron chi connectivity index (χ0n) is 20.0. The van der Waals surface area contributed by atoms with Crippen LogP contribution in [0, 0.1) is 0 Å². The summed E-state index contributed by atoms with van der Waals surface area (Å²) in [7, 11) is 0. The third-order valence-corrected chi connectivity index (χ3v) is 6.72. The number of carbonyl (C=O) groups excluding carboxylic acids is 1. The fourth-order valence-corrected chi connectivity index (χ4v) is 4.75. The lowest BCUT2D eigenvalue weighted by molar-refractivity contribution is -0.135. The molecule has 4 heteroatoms. The first-order valence-corrected chi connectivity index (χ1v) is 12.7. The second-order valence-electron chi connectivity index (χ2n) is 9.31. The average molecular weight is 469 g/mol. The number of aryl methyl sites for hydroxylation is 2. The van der Waals surface area contributed by atoms with E-state index in [1.807, 2.05) is 54.6 Å². The van der Waals surface area contributed by atoms with Crippen molar-refractivity contribution in [3.05, 3.63) is 102 Å². The van der Waals surface area contributed by atoms with Gasteiger partial charge >= 0.3 is 5.97 Å². The number of benzene rings is 3. The monoisotopic (exact) mass is 468 g/mol. The van der Waals surface area contributed by atoms with E-state index in [4.69, 9.17) is 13.9 Å². The third-order valence-electron chi connectivity index (χ3n) is 6.72. The molecule has 0 amide bonds. The number of hydrogen-bond acceptors (Lipinski definition) is 4. The Morgan fingerprint density at radius 2 is 1.49 bits per heavy atom. The van der Waals surface area contributed by atoms with E-state index in [1.165, 1.54) is 37.7 Å². The fourth-order valence-electron chi connectivity index (χ4n) is 4.75. The lowest BCUT2D eigenvalue weighted by atomic mass is 9.97. The Hall–Kier alpha value is -3.37. The van der Waals surface area contributed by atoms with Crippen LogP contribution < -0.4 is 4.74 Å². The third kappa shape index (κ3) is 6.20. The van der Waals surface area contributed by atoms with Gasteiger partial charge < -0.3 is 13.9 Å². The summed E-state index contributed by atoms with van der Waals surface area (Å²) in [5, 5.41) is 2.17. The summed E-state index contributed by atoms with van der Waals surface area (Å²) in [6.45, 7) is 0. The smallest absolute Gasteiger partial charge is 0.343 e. The highest BCUT2D eigenvalue weighted by atomic mass is 16.6. The van der Waals surface area contributed by atoms with Crippen LogP contribution >= 0.6 is 0 Å². The van der Waals surface area contributed by atoms with E-state index < -0.39 is 6.10 Å². The molecule has 5 rings (SSSR count). The number of unbranched alkanes of at least 4 members (excludes halogenated alkanes) is 5. The maximum Gasteiger partial charge on any atom is 0.343 e. The summed E-state index contributed by atoms with van der Waals surface area (Å²) in [6.07, 6.45) is 10.4. The molecule has 1 aromatic heterocycles. The van der Waals surface area contributed by atoms with Gasteiger partial charge in [0.15, 0.2) is 6.10 Å². The Morgan fingerprint density at radius 1 is 0.743 bits per heavy atom. The number of carbonyl (C=O) groups is 1. The molecule has 180 valence electrons. The maximum absolute atomic E-state index is 12.7. The molecule has 1 fully saturated rings. The van der Waals surface area contributed by atoms with Crippen LogP contribution in [0.3, 0.4) is 0 Å². The van der Waals surface area contributed by atoms with Crippen molar-refractivity contribution >= 4 is 16.7 Å². The molecule has 0 radical (unpaired) electrons. The maximum atomic E-state index is 12.7. The number of furan rings is 1.